The van der Waals surface area contributed by atoms with Gasteiger partial charge >= 0.3 is 6.18 Å². The summed E-state index contributed by atoms with van der Waals surface area (Å²) in [5.74, 6) is 1.85. The van der Waals surface area contributed by atoms with E-state index in [9.17, 15) is 13.2 Å². The minimum Gasteiger partial charge on any atom is -0.492 e. The van der Waals surface area contributed by atoms with Crippen LogP contribution < -0.4 is 0 Å². The maximum atomic E-state index is 12.6. The summed E-state index contributed by atoms with van der Waals surface area (Å²) in [7, 11) is 0. The summed E-state index contributed by atoms with van der Waals surface area (Å²) >= 11 is 0. The second-order valence-corrected chi connectivity index (χ2v) is 7.80. The van der Waals surface area contributed by atoms with Gasteiger partial charge in [-0.1, -0.05) is 32.6 Å². The average molecular weight is 332 g/mol. The summed E-state index contributed by atoms with van der Waals surface area (Å²) in [6, 6.07) is 0. The van der Waals surface area contributed by atoms with Crippen LogP contribution in [0.1, 0.15) is 78.6 Å². The second-order valence-electron chi connectivity index (χ2n) is 7.80. The number of fused-ring (bicyclic) bond motifs is 2. The zero-order chi connectivity index (χ0) is 17.1. The summed E-state index contributed by atoms with van der Waals surface area (Å²) in [6.45, 7) is 5.67. The van der Waals surface area contributed by atoms with Crippen molar-refractivity contribution in [2.24, 2.45) is 17.8 Å². The highest BCUT2D eigenvalue weighted by molar-refractivity contribution is 5.03. The standard InChI is InChI=1S/C19H31F3O/c1-4-5-6-7-10-18(3,23-14(2)13-19(20,21)22)17-12-15-8-9-16(17)11-15/h13,15-17H,4-12H2,1-3H3. The lowest BCUT2D eigenvalue weighted by molar-refractivity contribution is -0.0935. The van der Waals surface area contributed by atoms with Crippen LogP contribution >= 0.6 is 0 Å². The van der Waals surface area contributed by atoms with E-state index in [1.807, 2.05) is 0 Å². The van der Waals surface area contributed by atoms with Crippen LogP contribution in [0.15, 0.2) is 11.8 Å². The van der Waals surface area contributed by atoms with E-state index < -0.39 is 11.8 Å². The predicted molar refractivity (Wildman–Crippen MR) is 87.0 cm³/mol. The van der Waals surface area contributed by atoms with E-state index >= 15 is 0 Å². The van der Waals surface area contributed by atoms with E-state index in [-0.39, 0.29) is 5.76 Å². The van der Waals surface area contributed by atoms with Gasteiger partial charge in [-0.05, 0) is 57.8 Å². The van der Waals surface area contributed by atoms with Crippen molar-refractivity contribution in [2.75, 3.05) is 0 Å². The van der Waals surface area contributed by atoms with Crippen LogP contribution in [0, 0.1) is 17.8 Å². The fourth-order valence-corrected chi connectivity index (χ4v) is 4.84. The lowest BCUT2D eigenvalue weighted by Crippen LogP contribution is -2.40. The number of alkyl halides is 3. The van der Waals surface area contributed by atoms with E-state index in [0.29, 0.717) is 17.9 Å². The molecule has 134 valence electrons. The van der Waals surface area contributed by atoms with Gasteiger partial charge in [0, 0.05) is 5.92 Å². The number of halogens is 3. The Morgan fingerprint density at radius 3 is 2.39 bits per heavy atom. The summed E-state index contributed by atoms with van der Waals surface area (Å²) in [5.41, 5.74) is -0.445. The van der Waals surface area contributed by atoms with E-state index in [4.69, 9.17) is 4.74 Å². The summed E-state index contributed by atoms with van der Waals surface area (Å²) in [6.07, 6.45) is 6.31. The van der Waals surface area contributed by atoms with E-state index in [0.717, 1.165) is 31.6 Å². The van der Waals surface area contributed by atoms with Gasteiger partial charge in [0.25, 0.3) is 0 Å². The molecule has 2 aliphatic carbocycles. The van der Waals surface area contributed by atoms with Crippen molar-refractivity contribution in [3.63, 3.8) is 0 Å². The van der Waals surface area contributed by atoms with Gasteiger partial charge < -0.3 is 4.74 Å². The van der Waals surface area contributed by atoms with Crippen molar-refractivity contribution in [3.05, 3.63) is 11.8 Å². The molecular formula is C19H31F3O. The van der Waals surface area contributed by atoms with Crippen molar-refractivity contribution >= 4 is 0 Å². The molecule has 0 aromatic heterocycles. The predicted octanol–water partition coefficient (Wildman–Crippen LogP) is 6.63. The van der Waals surface area contributed by atoms with Crippen LogP contribution in [0.5, 0.6) is 0 Å². The molecule has 2 saturated carbocycles. The first kappa shape index (κ1) is 18.7. The Bertz CT molecular complexity index is 415. The van der Waals surface area contributed by atoms with E-state index in [2.05, 4.69) is 13.8 Å². The second kappa shape index (κ2) is 7.48. The van der Waals surface area contributed by atoms with Crippen molar-refractivity contribution in [1.29, 1.82) is 0 Å². The van der Waals surface area contributed by atoms with Crippen LogP contribution in [0.25, 0.3) is 0 Å². The molecule has 2 fully saturated rings. The van der Waals surface area contributed by atoms with Crippen molar-refractivity contribution in [1.82, 2.24) is 0 Å². The minimum absolute atomic E-state index is 0.0123. The molecule has 0 aromatic carbocycles. The molecule has 0 saturated heterocycles. The zero-order valence-electron chi connectivity index (χ0n) is 14.7. The molecule has 4 heteroatoms. The molecule has 0 aromatic rings. The van der Waals surface area contributed by atoms with Gasteiger partial charge in [0.1, 0.15) is 5.60 Å². The van der Waals surface area contributed by atoms with Gasteiger partial charge in [-0.3, -0.25) is 0 Å². The average Bonchev–Trinajstić information content (AvgIpc) is 3.04. The highest BCUT2D eigenvalue weighted by atomic mass is 19.4. The van der Waals surface area contributed by atoms with Crippen LogP contribution in [0.3, 0.4) is 0 Å². The summed E-state index contributed by atoms with van der Waals surface area (Å²) in [5, 5.41) is 0. The molecule has 2 rings (SSSR count). The van der Waals surface area contributed by atoms with Gasteiger partial charge in [0.2, 0.25) is 0 Å². The lowest BCUT2D eigenvalue weighted by atomic mass is 9.74. The molecule has 0 N–H and O–H groups in total. The molecule has 4 unspecified atom stereocenters. The molecule has 0 aliphatic heterocycles. The smallest absolute Gasteiger partial charge is 0.412 e. The maximum absolute atomic E-state index is 12.6. The molecule has 2 bridgehead atoms. The van der Waals surface area contributed by atoms with Crippen molar-refractivity contribution < 1.29 is 17.9 Å². The largest absolute Gasteiger partial charge is 0.492 e. The molecule has 0 spiro atoms. The normalized spacial score (nSPS) is 30.5. The van der Waals surface area contributed by atoms with Crippen molar-refractivity contribution in [3.8, 4) is 0 Å². The fourth-order valence-electron chi connectivity index (χ4n) is 4.84. The van der Waals surface area contributed by atoms with Crippen molar-refractivity contribution in [2.45, 2.75) is 90.3 Å². The summed E-state index contributed by atoms with van der Waals surface area (Å²) in [4.78, 5) is 0. The number of hydrogen-bond acceptors (Lipinski definition) is 1. The first-order chi connectivity index (χ1) is 10.7. The number of unbranched alkanes of at least 4 members (excludes halogenated alkanes) is 3. The quantitative estimate of drug-likeness (QED) is 0.358. The summed E-state index contributed by atoms with van der Waals surface area (Å²) < 4.78 is 43.8. The van der Waals surface area contributed by atoms with Gasteiger partial charge in [0.05, 0.1) is 11.8 Å². The Morgan fingerprint density at radius 2 is 1.87 bits per heavy atom. The third-order valence-corrected chi connectivity index (χ3v) is 5.81. The van der Waals surface area contributed by atoms with Gasteiger partial charge in [-0.2, -0.15) is 13.2 Å². The van der Waals surface area contributed by atoms with Crippen LogP contribution in [-0.2, 0) is 4.74 Å². The molecule has 0 heterocycles. The lowest BCUT2D eigenvalue weighted by Gasteiger charge is -2.41. The van der Waals surface area contributed by atoms with Gasteiger partial charge in [-0.25, -0.2) is 0 Å². The maximum Gasteiger partial charge on any atom is 0.412 e. The Labute approximate surface area is 138 Å². The molecular weight excluding hydrogens is 301 g/mol. The first-order valence-electron chi connectivity index (χ1n) is 9.18. The monoisotopic (exact) mass is 332 g/mol. The Balaban J connectivity index is 2.06. The van der Waals surface area contributed by atoms with E-state index in [1.54, 1.807) is 0 Å². The Kier molecular flexibility index (Phi) is 6.07. The van der Waals surface area contributed by atoms with Crippen LogP contribution in [0.4, 0.5) is 13.2 Å². The molecule has 2 aliphatic rings. The first-order valence-corrected chi connectivity index (χ1v) is 9.18. The SMILES string of the molecule is CCCCCCC(C)(OC(C)=CC(F)(F)F)C1CC2CCC1C2. The number of rotatable bonds is 8. The molecule has 4 atom stereocenters. The fraction of sp³-hybridized carbons (Fsp3) is 0.895. The molecule has 0 amide bonds. The Hall–Kier alpha value is -0.670. The molecule has 23 heavy (non-hydrogen) atoms. The van der Waals surface area contributed by atoms with Gasteiger partial charge in [0.15, 0.2) is 0 Å². The third kappa shape index (κ3) is 5.15. The topological polar surface area (TPSA) is 9.23 Å². The zero-order valence-corrected chi connectivity index (χ0v) is 14.7. The Morgan fingerprint density at radius 1 is 1.13 bits per heavy atom. The van der Waals surface area contributed by atoms with Crippen LogP contribution in [-0.4, -0.2) is 11.8 Å². The number of allylic oxidation sites excluding steroid dienone is 2. The number of ether oxygens (including phenoxy) is 1. The highest BCUT2D eigenvalue weighted by Crippen LogP contribution is 2.54. The van der Waals surface area contributed by atoms with Gasteiger partial charge in [-0.15, -0.1) is 0 Å². The third-order valence-electron chi connectivity index (χ3n) is 5.81. The minimum atomic E-state index is -4.30. The highest BCUT2D eigenvalue weighted by Gasteiger charge is 2.49. The number of hydrogen-bond donors (Lipinski definition) is 0. The van der Waals surface area contributed by atoms with E-state index in [1.165, 1.54) is 39.0 Å². The molecule has 1 nitrogen and oxygen atoms in total. The van der Waals surface area contributed by atoms with Crippen LogP contribution in [0.2, 0.25) is 0 Å². The molecule has 0 radical (unpaired) electrons.